The topological polar surface area (TPSA) is 80.8 Å². The van der Waals surface area contributed by atoms with Gasteiger partial charge in [0.05, 0.1) is 10.5 Å². The van der Waals surface area contributed by atoms with Crippen LogP contribution in [0, 0.1) is 0 Å². The summed E-state index contributed by atoms with van der Waals surface area (Å²) in [6.45, 7) is 1.45. The van der Waals surface area contributed by atoms with E-state index in [0.717, 1.165) is 6.26 Å². The van der Waals surface area contributed by atoms with Gasteiger partial charge in [-0.3, -0.25) is 4.79 Å². The molecule has 0 heterocycles. The molecule has 0 saturated carbocycles. The number of ether oxygens (including phenoxy) is 1. The molecule has 0 spiro atoms. The molecule has 0 saturated heterocycles. The van der Waals surface area contributed by atoms with Crippen LogP contribution >= 0.6 is 0 Å². The minimum atomic E-state index is -3.59. The average molecular weight is 361 g/mol. The largest absolute Gasteiger partial charge is 0.449 e. The second-order valence-electron chi connectivity index (χ2n) is 5.55. The lowest BCUT2D eigenvalue weighted by molar-refractivity contribution is -0.126. The van der Waals surface area contributed by atoms with E-state index in [1.807, 2.05) is 6.07 Å². The van der Waals surface area contributed by atoms with Crippen LogP contribution in [0.25, 0.3) is 0 Å². The van der Waals surface area contributed by atoms with Crippen molar-refractivity contribution in [3.8, 4) is 0 Å². The maximum Gasteiger partial charge on any atom is 0.340 e. The van der Waals surface area contributed by atoms with Crippen molar-refractivity contribution in [1.29, 1.82) is 0 Å². The van der Waals surface area contributed by atoms with E-state index >= 15 is 0 Å². The van der Waals surface area contributed by atoms with Crippen molar-refractivity contribution in [3.05, 3.63) is 60.2 Å². The molecular weight excluding hydrogens is 342 g/mol. The smallest absolute Gasteiger partial charge is 0.340 e. The van der Waals surface area contributed by atoms with Crippen LogP contribution < -0.4 is 4.90 Å². The van der Waals surface area contributed by atoms with Crippen molar-refractivity contribution in [2.24, 2.45) is 0 Å². The normalized spacial score (nSPS) is 12.3. The van der Waals surface area contributed by atoms with Gasteiger partial charge in [-0.15, -0.1) is 0 Å². The lowest BCUT2D eigenvalue weighted by Gasteiger charge is -2.21. The highest BCUT2D eigenvalue weighted by molar-refractivity contribution is 7.90. The Labute approximate surface area is 146 Å². The first-order valence-electron chi connectivity index (χ1n) is 7.54. The van der Waals surface area contributed by atoms with E-state index in [1.54, 1.807) is 31.3 Å². The number of rotatable bonds is 5. The lowest BCUT2D eigenvalue weighted by atomic mass is 10.2. The van der Waals surface area contributed by atoms with E-state index in [9.17, 15) is 18.0 Å². The fourth-order valence-electron chi connectivity index (χ4n) is 2.28. The molecule has 0 fully saturated rings. The summed E-state index contributed by atoms with van der Waals surface area (Å²) in [4.78, 5) is 26.0. The minimum Gasteiger partial charge on any atom is -0.449 e. The Morgan fingerprint density at radius 1 is 1.00 bits per heavy atom. The van der Waals surface area contributed by atoms with E-state index in [-0.39, 0.29) is 10.5 Å². The molecule has 0 aliphatic heterocycles. The number of sulfone groups is 1. The Hall–Kier alpha value is -2.67. The number of likely N-dealkylation sites (N-methyl/N-ethyl adjacent to an activating group) is 1. The number of benzene rings is 2. The van der Waals surface area contributed by atoms with Crippen molar-refractivity contribution in [2.45, 2.75) is 17.9 Å². The highest BCUT2D eigenvalue weighted by atomic mass is 32.2. The van der Waals surface area contributed by atoms with Crippen LogP contribution in [0.4, 0.5) is 5.69 Å². The third-order valence-electron chi connectivity index (χ3n) is 3.61. The fourth-order valence-corrected chi connectivity index (χ4v) is 3.16. The summed E-state index contributed by atoms with van der Waals surface area (Å²) in [6.07, 6.45) is -0.0537. The van der Waals surface area contributed by atoms with E-state index < -0.39 is 27.8 Å². The predicted molar refractivity (Wildman–Crippen MR) is 94.3 cm³/mol. The Bertz CT molecular complexity index is 877. The molecule has 25 heavy (non-hydrogen) atoms. The van der Waals surface area contributed by atoms with Gasteiger partial charge in [-0.1, -0.05) is 30.3 Å². The van der Waals surface area contributed by atoms with Gasteiger partial charge in [0, 0.05) is 19.0 Å². The van der Waals surface area contributed by atoms with Crippen LogP contribution in [0.15, 0.2) is 59.5 Å². The molecule has 2 aromatic carbocycles. The van der Waals surface area contributed by atoms with Crippen LogP contribution in [0.1, 0.15) is 17.3 Å². The lowest BCUT2D eigenvalue weighted by Crippen LogP contribution is -2.37. The summed E-state index contributed by atoms with van der Waals surface area (Å²) in [7, 11) is -2.01. The molecule has 2 rings (SSSR count). The maximum atomic E-state index is 12.4. The molecule has 1 amide bonds. The Kier molecular flexibility index (Phi) is 5.58. The van der Waals surface area contributed by atoms with Gasteiger partial charge in [0.25, 0.3) is 5.91 Å². The van der Waals surface area contributed by atoms with Crippen LogP contribution in [0.5, 0.6) is 0 Å². The van der Waals surface area contributed by atoms with E-state index in [4.69, 9.17) is 4.74 Å². The summed E-state index contributed by atoms with van der Waals surface area (Å²) in [5.74, 6) is -1.28. The summed E-state index contributed by atoms with van der Waals surface area (Å²) >= 11 is 0. The minimum absolute atomic E-state index is 0.0907. The monoisotopic (exact) mass is 361 g/mol. The zero-order valence-electron chi connectivity index (χ0n) is 14.2. The second-order valence-corrected chi connectivity index (χ2v) is 7.53. The van der Waals surface area contributed by atoms with Crippen molar-refractivity contribution in [2.75, 3.05) is 18.2 Å². The maximum absolute atomic E-state index is 12.4. The molecular formula is C18H19NO5S. The molecule has 0 aliphatic carbocycles. The van der Waals surface area contributed by atoms with Gasteiger partial charge in [-0.2, -0.15) is 0 Å². The number of carbonyl (C=O) groups is 2. The van der Waals surface area contributed by atoms with Gasteiger partial charge in [-0.05, 0) is 31.2 Å². The highest BCUT2D eigenvalue weighted by Gasteiger charge is 2.25. The third-order valence-corrected chi connectivity index (χ3v) is 4.77. The fraction of sp³-hybridized carbons (Fsp3) is 0.222. The quantitative estimate of drug-likeness (QED) is 0.764. The summed E-state index contributed by atoms with van der Waals surface area (Å²) < 4.78 is 28.8. The van der Waals surface area contributed by atoms with Crippen molar-refractivity contribution in [1.82, 2.24) is 0 Å². The Morgan fingerprint density at radius 3 is 2.16 bits per heavy atom. The van der Waals surface area contributed by atoms with Gasteiger partial charge < -0.3 is 9.64 Å². The highest BCUT2D eigenvalue weighted by Crippen LogP contribution is 2.18. The van der Waals surface area contributed by atoms with Crippen LogP contribution in [-0.2, 0) is 19.4 Å². The SMILES string of the molecule is CC(OC(=O)c1ccccc1S(C)(=O)=O)C(=O)N(C)c1ccccc1. The molecule has 1 atom stereocenters. The summed E-state index contributed by atoms with van der Waals surface area (Å²) in [6, 6.07) is 14.7. The number of hydrogen-bond acceptors (Lipinski definition) is 5. The van der Waals surface area contributed by atoms with Crippen molar-refractivity contribution < 1.29 is 22.7 Å². The molecule has 6 nitrogen and oxygen atoms in total. The number of anilines is 1. The molecule has 0 N–H and O–H groups in total. The zero-order chi connectivity index (χ0) is 18.6. The van der Waals surface area contributed by atoms with E-state index in [0.29, 0.717) is 5.69 Å². The number of carbonyl (C=O) groups excluding carboxylic acids is 2. The number of nitrogens with zero attached hydrogens (tertiary/aromatic N) is 1. The van der Waals surface area contributed by atoms with Gasteiger partial charge >= 0.3 is 5.97 Å². The zero-order valence-corrected chi connectivity index (χ0v) is 15.0. The Balaban J connectivity index is 2.17. The molecule has 0 aromatic heterocycles. The first kappa shape index (κ1) is 18.7. The van der Waals surface area contributed by atoms with Gasteiger partial charge in [0.2, 0.25) is 0 Å². The first-order valence-corrected chi connectivity index (χ1v) is 9.43. The number of hydrogen-bond donors (Lipinski definition) is 0. The average Bonchev–Trinajstić information content (AvgIpc) is 2.60. The summed E-state index contributed by atoms with van der Waals surface area (Å²) in [5, 5.41) is 0. The van der Waals surface area contributed by atoms with Crippen molar-refractivity contribution in [3.63, 3.8) is 0 Å². The number of esters is 1. The third kappa shape index (κ3) is 4.45. The van der Waals surface area contributed by atoms with E-state index in [1.165, 1.54) is 36.1 Å². The standard InChI is InChI=1S/C18H19NO5S/c1-13(17(20)19(2)14-9-5-4-6-10-14)24-18(21)15-11-7-8-12-16(15)25(3,22)23/h4-13H,1-3H3. The van der Waals surface area contributed by atoms with Crippen LogP contribution in [-0.4, -0.2) is 39.7 Å². The van der Waals surface area contributed by atoms with Gasteiger partial charge in [-0.25, -0.2) is 13.2 Å². The molecule has 0 bridgehead atoms. The predicted octanol–water partition coefficient (Wildman–Crippen LogP) is 2.30. The number of para-hydroxylation sites is 1. The molecule has 2 aromatic rings. The van der Waals surface area contributed by atoms with Crippen molar-refractivity contribution >= 4 is 27.4 Å². The molecule has 0 aliphatic rings. The molecule has 0 radical (unpaired) electrons. The van der Waals surface area contributed by atoms with Gasteiger partial charge in [0.15, 0.2) is 15.9 Å². The summed E-state index contributed by atoms with van der Waals surface area (Å²) in [5.41, 5.74) is 0.568. The van der Waals surface area contributed by atoms with Gasteiger partial charge in [0.1, 0.15) is 0 Å². The van der Waals surface area contributed by atoms with Crippen LogP contribution in [0.3, 0.4) is 0 Å². The van der Waals surface area contributed by atoms with E-state index in [2.05, 4.69) is 0 Å². The van der Waals surface area contributed by atoms with Crippen LogP contribution in [0.2, 0.25) is 0 Å². The Morgan fingerprint density at radius 2 is 1.56 bits per heavy atom. The molecule has 132 valence electrons. The second kappa shape index (κ2) is 7.48. The molecule has 1 unspecified atom stereocenters. The first-order chi connectivity index (χ1) is 11.7. The number of amides is 1. The molecule has 7 heteroatoms.